The summed E-state index contributed by atoms with van der Waals surface area (Å²) in [4.78, 5) is 11.3. The number of aryl methyl sites for hydroxylation is 2. The molecular formula is C29H42ClN7O4S. The molecule has 13 heteroatoms. The molecule has 230 valence electrons. The lowest BCUT2D eigenvalue weighted by atomic mass is 9.83. The van der Waals surface area contributed by atoms with Gasteiger partial charge in [0, 0.05) is 26.4 Å². The Hall–Kier alpha value is -2.93. The van der Waals surface area contributed by atoms with Gasteiger partial charge in [0.15, 0.2) is 5.82 Å². The predicted molar refractivity (Wildman–Crippen MR) is 166 cm³/mol. The molecule has 2 atom stereocenters. The first-order valence-electron chi connectivity index (χ1n) is 14.1. The van der Waals surface area contributed by atoms with Gasteiger partial charge >= 0.3 is 0 Å². The third-order valence-electron chi connectivity index (χ3n) is 7.47. The lowest BCUT2D eigenvalue weighted by molar-refractivity contribution is 0.0750. The molecule has 1 saturated heterocycles. The number of hydrogen-bond acceptors (Lipinski definition) is 10. The Morgan fingerprint density at radius 1 is 1.14 bits per heavy atom. The van der Waals surface area contributed by atoms with Crippen LogP contribution in [0.1, 0.15) is 57.6 Å². The summed E-state index contributed by atoms with van der Waals surface area (Å²) in [5.74, 6) is 1.62. The Morgan fingerprint density at radius 3 is 2.55 bits per heavy atom. The van der Waals surface area contributed by atoms with Crippen molar-refractivity contribution in [3.05, 3.63) is 40.7 Å². The molecule has 0 aliphatic carbocycles. The van der Waals surface area contributed by atoms with Crippen molar-refractivity contribution in [3.8, 4) is 5.75 Å². The largest absolute Gasteiger partial charge is 0.489 e. The number of likely N-dealkylation sites (N-methyl/N-ethyl adjacent to an activating group) is 1. The zero-order valence-electron chi connectivity index (χ0n) is 25.6. The van der Waals surface area contributed by atoms with E-state index in [9.17, 15) is 8.42 Å². The number of ether oxygens (including phenoxy) is 2. The highest BCUT2D eigenvalue weighted by Gasteiger charge is 2.29. The maximum atomic E-state index is 12.9. The van der Waals surface area contributed by atoms with Crippen LogP contribution in [-0.2, 0) is 21.6 Å². The van der Waals surface area contributed by atoms with Crippen molar-refractivity contribution >= 4 is 44.6 Å². The topological polar surface area (TPSA) is 124 Å². The Kier molecular flexibility index (Phi) is 10.0. The monoisotopic (exact) mass is 619 g/mol. The fraction of sp³-hybridized carbons (Fsp3) is 0.552. The molecule has 3 heterocycles. The second-order valence-corrected chi connectivity index (χ2v) is 14.3. The standard InChI is InChI=1S/C29H42ClN7O4S/c1-17(2)41-26-13-22(20-9-10-36(6)21(12-20)16-40-8)19(5)11-24(26)33-29-31-14-23(30)27(34-29)32-25-15-37(7)35-28(25)42(38,39)18(3)4/h11,13-15,17-18,20-21H,9-10,12,16H2,1-8H3,(H2,31,32,33,34). The number of anilines is 4. The minimum Gasteiger partial charge on any atom is -0.489 e. The average Bonchev–Trinajstić information content (AvgIpc) is 3.29. The lowest BCUT2D eigenvalue weighted by Crippen LogP contribution is -2.41. The smallest absolute Gasteiger partial charge is 0.229 e. The van der Waals surface area contributed by atoms with E-state index < -0.39 is 15.1 Å². The van der Waals surface area contributed by atoms with Crippen molar-refractivity contribution in [2.45, 2.75) is 75.8 Å². The van der Waals surface area contributed by atoms with Crippen LogP contribution in [0.3, 0.4) is 0 Å². The van der Waals surface area contributed by atoms with E-state index in [4.69, 9.17) is 21.1 Å². The predicted octanol–water partition coefficient (Wildman–Crippen LogP) is 5.45. The number of benzene rings is 1. The highest BCUT2D eigenvalue weighted by atomic mass is 35.5. The van der Waals surface area contributed by atoms with Gasteiger partial charge in [-0.15, -0.1) is 0 Å². The van der Waals surface area contributed by atoms with E-state index in [2.05, 4.69) is 56.7 Å². The number of piperidine rings is 1. The van der Waals surface area contributed by atoms with E-state index in [1.54, 1.807) is 34.2 Å². The third kappa shape index (κ3) is 7.16. The first-order valence-corrected chi connectivity index (χ1v) is 16.1. The fourth-order valence-electron chi connectivity index (χ4n) is 5.18. The maximum Gasteiger partial charge on any atom is 0.229 e. The van der Waals surface area contributed by atoms with Gasteiger partial charge in [0.1, 0.15) is 10.8 Å². The molecule has 1 aromatic carbocycles. The first-order chi connectivity index (χ1) is 19.8. The van der Waals surface area contributed by atoms with E-state index >= 15 is 0 Å². The summed E-state index contributed by atoms with van der Waals surface area (Å²) in [6.45, 7) is 11.0. The number of aromatic nitrogens is 4. The van der Waals surface area contributed by atoms with Crippen molar-refractivity contribution in [3.63, 3.8) is 0 Å². The lowest BCUT2D eigenvalue weighted by Gasteiger charge is -2.37. The average molecular weight is 620 g/mol. The van der Waals surface area contributed by atoms with E-state index in [0.717, 1.165) is 30.6 Å². The highest BCUT2D eigenvalue weighted by Crippen LogP contribution is 2.39. The van der Waals surface area contributed by atoms with Gasteiger partial charge in [-0.05, 0) is 90.2 Å². The second kappa shape index (κ2) is 13.2. The van der Waals surface area contributed by atoms with E-state index in [1.807, 2.05) is 13.8 Å². The van der Waals surface area contributed by atoms with E-state index in [-0.39, 0.29) is 33.6 Å². The molecule has 0 bridgehead atoms. The molecule has 3 aromatic rings. The number of nitrogens with one attached hydrogen (secondary N) is 2. The van der Waals surface area contributed by atoms with Crippen molar-refractivity contribution in [2.24, 2.45) is 7.05 Å². The molecule has 1 aliphatic heterocycles. The second-order valence-electron chi connectivity index (χ2n) is 11.4. The van der Waals surface area contributed by atoms with Crippen LogP contribution in [0.15, 0.2) is 29.6 Å². The zero-order valence-corrected chi connectivity index (χ0v) is 27.2. The van der Waals surface area contributed by atoms with Crippen LogP contribution < -0.4 is 15.4 Å². The maximum absolute atomic E-state index is 12.9. The summed E-state index contributed by atoms with van der Waals surface area (Å²) in [5, 5.41) is 10.0. The van der Waals surface area contributed by atoms with Gasteiger partial charge in [-0.25, -0.2) is 13.4 Å². The van der Waals surface area contributed by atoms with Gasteiger partial charge in [0.05, 0.1) is 35.5 Å². The Morgan fingerprint density at radius 2 is 1.88 bits per heavy atom. The van der Waals surface area contributed by atoms with Gasteiger partial charge in [-0.2, -0.15) is 10.1 Å². The van der Waals surface area contributed by atoms with E-state index in [1.165, 1.54) is 16.4 Å². The van der Waals surface area contributed by atoms with Gasteiger partial charge in [0.25, 0.3) is 0 Å². The molecule has 2 unspecified atom stereocenters. The Balaban J connectivity index is 1.64. The third-order valence-corrected chi connectivity index (χ3v) is 9.83. The van der Waals surface area contributed by atoms with Gasteiger partial charge in [-0.1, -0.05) is 11.6 Å². The van der Waals surface area contributed by atoms with Crippen LogP contribution in [0.4, 0.5) is 23.1 Å². The molecule has 4 rings (SSSR count). The van der Waals surface area contributed by atoms with Gasteiger partial charge < -0.3 is 25.0 Å². The minimum atomic E-state index is -3.65. The Labute approximate surface area is 253 Å². The molecule has 0 amide bonds. The summed E-state index contributed by atoms with van der Waals surface area (Å²) in [6, 6.07) is 4.56. The van der Waals surface area contributed by atoms with Crippen molar-refractivity contribution in [2.75, 3.05) is 37.9 Å². The van der Waals surface area contributed by atoms with Crippen molar-refractivity contribution < 1.29 is 17.9 Å². The SMILES string of the molecule is COCC1CC(c2cc(OC(C)C)c(Nc3ncc(Cl)c(Nc4cn(C)nc4S(=O)(=O)C(C)C)n3)cc2C)CCN1C. The van der Waals surface area contributed by atoms with Crippen molar-refractivity contribution in [1.82, 2.24) is 24.6 Å². The van der Waals surface area contributed by atoms with E-state index in [0.29, 0.717) is 24.3 Å². The molecule has 0 radical (unpaired) electrons. The molecule has 1 aliphatic rings. The van der Waals surface area contributed by atoms with Gasteiger partial charge in [0.2, 0.25) is 20.8 Å². The number of methoxy groups -OCH3 is 1. The molecule has 2 aromatic heterocycles. The summed E-state index contributed by atoms with van der Waals surface area (Å²) < 4.78 is 39.0. The van der Waals surface area contributed by atoms with Crippen LogP contribution in [0.25, 0.3) is 0 Å². The van der Waals surface area contributed by atoms with Crippen LogP contribution in [0.5, 0.6) is 5.75 Å². The number of hydrogen-bond donors (Lipinski definition) is 2. The van der Waals surface area contributed by atoms with Crippen LogP contribution in [0.2, 0.25) is 5.02 Å². The van der Waals surface area contributed by atoms with Crippen molar-refractivity contribution in [1.29, 1.82) is 0 Å². The number of rotatable bonds is 11. The van der Waals surface area contributed by atoms with Gasteiger partial charge in [-0.3, -0.25) is 4.68 Å². The Bertz CT molecular complexity index is 1510. The van der Waals surface area contributed by atoms with Crippen LogP contribution in [-0.4, -0.2) is 77.8 Å². The fourth-order valence-corrected chi connectivity index (χ4v) is 6.42. The summed E-state index contributed by atoms with van der Waals surface area (Å²) in [5.41, 5.74) is 3.42. The number of halogens is 1. The zero-order chi connectivity index (χ0) is 30.8. The highest BCUT2D eigenvalue weighted by molar-refractivity contribution is 7.92. The van der Waals surface area contributed by atoms with Crippen LogP contribution >= 0.6 is 11.6 Å². The normalized spacial score (nSPS) is 18.1. The number of nitrogens with zero attached hydrogens (tertiary/aromatic N) is 5. The molecule has 1 fully saturated rings. The minimum absolute atomic E-state index is 0.0462. The molecule has 2 N–H and O–H groups in total. The summed E-state index contributed by atoms with van der Waals surface area (Å²) in [7, 11) is 1.92. The quantitative estimate of drug-likeness (QED) is 0.286. The van der Waals surface area contributed by atoms with Crippen LogP contribution in [0, 0.1) is 6.92 Å². The first kappa shape index (κ1) is 32.0. The molecule has 42 heavy (non-hydrogen) atoms. The summed E-state index contributed by atoms with van der Waals surface area (Å²) in [6.07, 6.45) is 5.07. The number of likely N-dealkylation sites (tertiary alicyclic amines) is 1. The summed E-state index contributed by atoms with van der Waals surface area (Å²) >= 11 is 6.43. The molecule has 0 saturated carbocycles. The number of sulfone groups is 1. The molecule has 11 nitrogen and oxygen atoms in total. The molecular weight excluding hydrogens is 578 g/mol. The molecule has 0 spiro atoms.